The number of ether oxygens (including phenoxy) is 2. The van der Waals surface area contributed by atoms with Crippen LogP contribution in [0.4, 0.5) is 0 Å². The molecule has 0 aromatic heterocycles. The lowest BCUT2D eigenvalue weighted by atomic mass is 10.3. The van der Waals surface area contributed by atoms with Crippen molar-refractivity contribution in [1.29, 1.82) is 0 Å². The molecule has 0 bridgehead atoms. The fraction of sp³-hybridized carbons (Fsp3) is 0.400. The molecule has 0 aliphatic rings. The van der Waals surface area contributed by atoms with E-state index in [1.807, 2.05) is 0 Å². The van der Waals surface area contributed by atoms with Crippen LogP contribution in [0.2, 0.25) is 0 Å². The molecule has 0 saturated heterocycles. The van der Waals surface area contributed by atoms with Crippen molar-refractivity contribution >= 4 is 17.7 Å². The molecule has 0 heterocycles. The SMILES string of the molecule is COc1ccc(OCCNC(=O)C(=O)N(CCN)C(C)=O)cc1. The first-order valence-electron chi connectivity index (χ1n) is 7.06. The zero-order valence-electron chi connectivity index (χ0n) is 13.2. The van der Waals surface area contributed by atoms with Gasteiger partial charge < -0.3 is 20.5 Å². The Labute approximate surface area is 134 Å². The van der Waals surface area contributed by atoms with Crippen molar-refractivity contribution in [3.63, 3.8) is 0 Å². The number of benzene rings is 1. The molecule has 0 unspecified atom stereocenters. The molecule has 3 amide bonds. The fourth-order valence-corrected chi connectivity index (χ4v) is 1.73. The maximum Gasteiger partial charge on any atom is 0.318 e. The summed E-state index contributed by atoms with van der Waals surface area (Å²) in [4.78, 5) is 35.6. The molecule has 1 aromatic rings. The van der Waals surface area contributed by atoms with Crippen molar-refractivity contribution < 1.29 is 23.9 Å². The van der Waals surface area contributed by atoms with E-state index >= 15 is 0 Å². The normalized spacial score (nSPS) is 9.87. The largest absolute Gasteiger partial charge is 0.497 e. The highest BCUT2D eigenvalue weighted by Crippen LogP contribution is 2.16. The Morgan fingerprint density at radius 2 is 1.78 bits per heavy atom. The molecule has 0 fully saturated rings. The van der Waals surface area contributed by atoms with Crippen molar-refractivity contribution in [1.82, 2.24) is 10.2 Å². The van der Waals surface area contributed by atoms with Gasteiger partial charge in [0.05, 0.1) is 13.7 Å². The summed E-state index contributed by atoms with van der Waals surface area (Å²) in [6, 6.07) is 6.94. The number of carbonyl (C=O) groups excluding carboxylic acids is 3. The summed E-state index contributed by atoms with van der Waals surface area (Å²) < 4.78 is 10.4. The maximum atomic E-state index is 11.8. The van der Waals surface area contributed by atoms with Crippen LogP contribution in [0.5, 0.6) is 11.5 Å². The predicted octanol–water partition coefficient (Wildman–Crippen LogP) is -0.476. The van der Waals surface area contributed by atoms with Crippen molar-refractivity contribution in [2.45, 2.75) is 6.92 Å². The van der Waals surface area contributed by atoms with Gasteiger partial charge in [-0.15, -0.1) is 0 Å². The van der Waals surface area contributed by atoms with Gasteiger partial charge in [0.25, 0.3) is 0 Å². The number of hydrogen-bond donors (Lipinski definition) is 2. The second-order valence-corrected chi connectivity index (χ2v) is 4.54. The number of nitrogens with zero attached hydrogens (tertiary/aromatic N) is 1. The lowest BCUT2D eigenvalue weighted by molar-refractivity contribution is -0.151. The van der Waals surface area contributed by atoms with E-state index in [1.54, 1.807) is 31.4 Å². The molecular formula is C15H21N3O5. The number of hydrogen-bond acceptors (Lipinski definition) is 6. The Balaban J connectivity index is 2.37. The van der Waals surface area contributed by atoms with Crippen molar-refractivity contribution in [3.05, 3.63) is 24.3 Å². The van der Waals surface area contributed by atoms with E-state index in [0.717, 1.165) is 4.90 Å². The molecule has 1 rings (SSSR count). The zero-order chi connectivity index (χ0) is 17.2. The van der Waals surface area contributed by atoms with Gasteiger partial charge in [0.15, 0.2) is 0 Å². The summed E-state index contributed by atoms with van der Waals surface area (Å²) >= 11 is 0. The zero-order valence-corrected chi connectivity index (χ0v) is 13.2. The number of carbonyl (C=O) groups is 3. The van der Waals surface area contributed by atoms with E-state index in [1.165, 1.54) is 6.92 Å². The molecule has 23 heavy (non-hydrogen) atoms. The summed E-state index contributed by atoms with van der Waals surface area (Å²) in [5, 5.41) is 2.40. The van der Waals surface area contributed by atoms with Crippen LogP contribution in [0.3, 0.4) is 0 Å². The Morgan fingerprint density at radius 1 is 1.17 bits per heavy atom. The van der Waals surface area contributed by atoms with E-state index in [0.29, 0.717) is 11.5 Å². The van der Waals surface area contributed by atoms with Gasteiger partial charge in [0, 0.05) is 20.0 Å². The minimum absolute atomic E-state index is 0.00390. The summed E-state index contributed by atoms with van der Waals surface area (Å²) in [5.74, 6) is -0.996. The molecule has 3 N–H and O–H groups in total. The van der Waals surface area contributed by atoms with Crippen LogP contribution in [0.25, 0.3) is 0 Å². The predicted molar refractivity (Wildman–Crippen MR) is 82.9 cm³/mol. The van der Waals surface area contributed by atoms with Crippen molar-refractivity contribution in [3.8, 4) is 11.5 Å². The minimum Gasteiger partial charge on any atom is -0.497 e. The molecule has 126 valence electrons. The average molecular weight is 323 g/mol. The maximum absolute atomic E-state index is 11.8. The number of methoxy groups -OCH3 is 1. The van der Waals surface area contributed by atoms with Gasteiger partial charge in [-0.05, 0) is 24.3 Å². The van der Waals surface area contributed by atoms with Crippen LogP contribution in [0.15, 0.2) is 24.3 Å². The van der Waals surface area contributed by atoms with E-state index in [-0.39, 0.29) is 26.2 Å². The second kappa shape index (κ2) is 9.42. The van der Waals surface area contributed by atoms with Gasteiger partial charge in [-0.25, -0.2) is 0 Å². The van der Waals surface area contributed by atoms with Crippen LogP contribution in [0.1, 0.15) is 6.92 Å². The van der Waals surface area contributed by atoms with Crippen LogP contribution in [-0.2, 0) is 14.4 Å². The third-order valence-corrected chi connectivity index (χ3v) is 2.89. The quantitative estimate of drug-likeness (QED) is 0.518. The van der Waals surface area contributed by atoms with Gasteiger partial charge >= 0.3 is 11.8 Å². The number of amides is 3. The van der Waals surface area contributed by atoms with Crippen molar-refractivity contribution in [2.24, 2.45) is 5.73 Å². The van der Waals surface area contributed by atoms with E-state index < -0.39 is 17.7 Å². The molecule has 0 aliphatic carbocycles. The highest BCUT2D eigenvalue weighted by Gasteiger charge is 2.23. The number of rotatable bonds is 7. The van der Waals surface area contributed by atoms with E-state index in [9.17, 15) is 14.4 Å². The molecular weight excluding hydrogens is 302 g/mol. The van der Waals surface area contributed by atoms with Crippen LogP contribution >= 0.6 is 0 Å². The van der Waals surface area contributed by atoms with E-state index in [2.05, 4.69) is 5.32 Å². The van der Waals surface area contributed by atoms with Gasteiger partial charge in [-0.2, -0.15) is 0 Å². The smallest absolute Gasteiger partial charge is 0.318 e. The molecule has 0 radical (unpaired) electrons. The Bertz CT molecular complexity index is 545. The van der Waals surface area contributed by atoms with E-state index in [4.69, 9.17) is 15.2 Å². The molecule has 0 atom stereocenters. The topological polar surface area (TPSA) is 111 Å². The van der Waals surface area contributed by atoms with Gasteiger partial charge in [-0.1, -0.05) is 0 Å². The number of imide groups is 1. The second-order valence-electron chi connectivity index (χ2n) is 4.54. The van der Waals surface area contributed by atoms with Gasteiger partial charge in [0.2, 0.25) is 5.91 Å². The Hall–Kier alpha value is -2.61. The summed E-state index contributed by atoms with van der Waals surface area (Å²) in [6.07, 6.45) is 0. The summed E-state index contributed by atoms with van der Waals surface area (Å²) in [5.41, 5.74) is 5.31. The molecule has 1 aromatic carbocycles. The number of nitrogens with one attached hydrogen (secondary N) is 1. The highest BCUT2D eigenvalue weighted by atomic mass is 16.5. The summed E-state index contributed by atoms with van der Waals surface area (Å²) in [7, 11) is 1.57. The molecule has 8 heteroatoms. The molecule has 0 spiro atoms. The standard InChI is InChI=1S/C15H21N3O5/c1-11(19)18(9-7-16)15(21)14(20)17-8-10-23-13-5-3-12(22-2)4-6-13/h3-6H,7-10,16H2,1-2H3,(H,17,20). The lowest BCUT2D eigenvalue weighted by Crippen LogP contribution is -2.47. The highest BCUT2D eigenvalue weighted by molar-refractivity contribution is 6.37. The Kier molecular flexibility index (Phi) is 7.55. The first-order chi connectivity index (χ1) is 11.0. The first kappa shape index (κ1) is 18.4. The third kappa shape index (κ3) is 5.95. The fourth-order valence-electron chi connectivity index (χ4n) is 1.73. The Morgan fingerprint density at radius 3 is 2.30 bits per heavy atom. The lowest BCUT2D eigenvalue weighted by Gasteiger charge is -2.17. The summed E-state index contributed by atoms with van der Waals surface area (Å²) in [6.45, 7) is 1.62. The third-order valence-electron chi connectivity index (χ3n) is 2.89. The minimum atomic E-state index is -0.924. The van der Waals surface area contributed by atoms with Crippen LogP contribution in [0, 0.1) is 0 Å². The van der Waals surface area contributed by atoms with Gasteiger partial charge in [0.1, 0.15) is 18.1 Å². The number of nitrogens with two attached hydrogens (primary N) is 1. The molecule has 8 nitrogen and oxygen atoms in total. The van der Waals surface area contributed by atoms with Crippen LogP contribution in [-0.4, -0.2) is 56.0 Å². The molecule has 0 saturated carbocycles. The first-order valence-corrected chi connectivity index (χ1v) is 7.06. The monoisotopic (exact) mass is 323 g/mol. The molecule has 0 aliphatic heterocycles. The van der Waals surface area contributed by atoms with Crippen LogP contribution < -0.4 is 20.5 Å². The average Bonchev–Trinajstić information content (AvgIpc) is 2.56. The van der Waals surface area contributed by atoms with Gasteiger partial charge in [-0.3, -0.25) is 19.3 Å². The van der Waals surface area contributed by atoms with Crippen molar-refractivity contribution in [2.75, 3.05) is 33.4 Å².